The molecule has 0 saturated heterocycles. The second-order valence-electron chi connectivity index (χ2n) is 4.34. The van der Waals surface area contributed by atoms with E-state index >= 15 is 0 Å². The van der Waals surface area contributed by atoms with Crippen molar-refractivity contribution >= 4 is 11.6 Å². The van der Waals surface area contributed by atoms with Crippen molar-refractivity contribution in [1.29, 1.82) is 0 Å². The molecule has 2 aromatic rings. The summed E-state index contributed by atoms with van der Waals surface area (Å²) in [6.07, 6.45) is 1.76. The molecule has 0 radical (unpaired) electrons. The average Bonchev–Trinajstić information content (AvgIpc) is 2.72. The van der Waals surface area contributed by atoms with Gasteiger partial charge in [0.15, 0.2) is 5.82 Å². The Kier molecular flexibility index (Phi) is 2.61. The smallest absolute Gasteiger partial charge is 0.181 e. The minimum Gasteiger partial charge on any atom is -0.327 e. The van der Waals surface area contributed by atoms with Crippen LogP contribution in [0.15, 0.2) is 24.3 Å². The van der Waals surface area contributed by atoms with Gasteiger partial charge in [-0.15, -0.1) is 0 Å². The number of fused-ring (bicyclic) bond motifs is 1. The summed E-state index contributed by atoms with van der Waals surface area (Å²) in [5, 5.41) is 5.19. The van der Waals surface area contributed by atoms with Gasteiger partial charge in [-0.05, 0) is 18.6 Å². The highest BCUT2D eigenvalue weighted by Gasteiger charge is 2.19. The number of rotatable bonds is 1. The molecule has 0 spiro atoms. The van der Waals surface area contributed by atoms with Gasteiger partial charge in [-0.3, -0.25) is 0 Å². The van der Waals surface area contributed by atoms with Crippen molar-refractivity contribution in [1.82, 2.24) is 14.8 Å². The van der Waals surface area contributed by atoms with Crippen molar-refractivity contribution in [2.24, 2.45) is 5.73 Å². The zero-order valence-corrected chi connectivity index (χ0v) is 10.1. The molecule has 0 amide bonds. The molecule has 1 aliphatic heterocycles. The second kappa shape index (κ2) is 4.13. The van der Waals surface area contributed by atoms with E-state index in [1.165, 1.54) is 0 Å². The van der Waals surface area contributed by atoms with Crippen LogP contribution in [0.25, 0.3) is 11.4 Å². The first kappa shape index (κ1) is 10.7. The van der Waals surface area contributed by atoms with E-state index in [4.69, 9.17) is 17.3 Å². The van der Waals surface area contributed by atoms with Gasteiger partial charge in [-0.1, -0.05) is 23.7 Å². The molecule has 1 aliphatic rings. The van der Waals surface area contributed by atoms with Crippen molar-refractivity contribution in [3.8, 4) is 11.4 Å². The highest BCUT2D eigenvalue weighted by atomic mass is 35.5. The van der Waals surface area contributed by atoms with E-state index in [2.05, 4.69) is 10.1 Å². The Labute approximate surface area is 104 Å². The predicted octanol–water partition coefficient (Wildman–Crippen LogP) is 1.87. The first-order chi connectivity index (χ1) is 8.22. The van der Waals surface area contributed by atoms with Gasteiger partial charge in [0.05, 0.1) is 0 Å². The van der Waals surface area contributed by atoms with E-state index in [0.717, 1.165) is 36.6 Å². The van der Waals surface area contributed by atoms with Crippen molar-refractivity contribution < 1.29 is 0 Å². The second-order valence-corrected chi connectivity index (χ2v) is 4.77. The van der Waals surface area contributed by atoms with Crippen LogP contribution < -0.4 is 5.73 Å². The Morgan fingerprint density at radius 2 is 2.29 bits per heavy atom. The van der Waals surface area contributed by atoms with E-state index in [1.807, 2.05) is 28.9 Å². The van der Waals surface area contributed by atoms with E-state index < -0.39 is 0 Å². The third kappa shape index (κ3) is 2.06. The van der Waals surface area contributed by atoms with Gasteiger partial charge < -0.3 is 5.73 Å². The van der Waals surface area contributed by atoms with Crippen molar-refractivity contribution in [2.75, 3.05) is 0 Å². The van der Waals surface area contributed by atoms with E-state index in [1.54, 1.807) is 0 Å². The molecule has 1 unspecified atom stereocenters. The quantitative estimate of drug-likeness (QED) is 0.838. The molecule has 1 aromatic heterocycles. The molecule has 2 N–H and O–H groups in total. The Bertz CT molecular complexity index is 549. The summed E-state index contributed by atoms with van der Waals surface area (Å²) < 4.78 is 1.94. The Balaban J connectivity index is 2.00. The molecule has 0 fully saturated rings. The maximum absolute atomic E-state index is 5.96. The summed E-state index contributed by atoms with van der Waals surface area (Å²) in [6.45, 7) is 0.851. The molecule has 3 rings (SSSR count). The fraction of sp³-hybridized carbons (Fsp3) is 0.333. The zero-order chi connectivity index (χ0) is 11.8. The number of halogens is 1. The first-order valence-corrected chi connectivity index (χ1v) is 6.05. The number of hydrogen-bond donors (Lipinski definition) is 1. The summed E-state index contributed by atoms with van der Waals surface area (Å²) in [6, 6.07) is 7.80. The topological polar surface area (TPSA) is 56.7 Å². The number of aromatic nitrogens is 3. The number of nitrogens with zero attached hydrogens (tertiary/aromatic N) is 3. The lowest BCUT2D eigenvalue weighted by Crippen LogP contribution is -2.31. The molecule has 0 aliphatic carbocycles. The van der Waals surface area contributed by atoms with Crippen molar-refractivity contribution in [2.45, 2.75) is 25.4 Å². The molecular weight excluding hydrogens is 236 g/mol. The van der Waals surface area contributed by atoms with Gasteiger partial charge in [-0.2, -0.15) is 5.10 Å². The van der Waals surface area contributed by atoms with Crippen LogP contribution in [0, 0.1) is 0 Å². The molecule has 0 bridgehead atoms. The van der Waals surface area contributed by atoms with E-state index in [9.17, 15) is 0 Å². The highest BCUT2D eigenvalue weighted by molar-refractivity contribution is 6.30. The molecule has 4 nitrogen and oxygen atoms in total. The van der Waals surface area contributed by atoms with Crippen LogP contribution in [0.1, 0.15) is 12.2 Å². The van der Waals surface area contributed by atoms with Gasteiger partial charge >= 0.3 is 0 Å². The fourth-order valence-corrected chi connectivity index (χ4v) is 2.27. The Morgan fingerprint density at radius 3 is 3.12 bits per heavy atom. The van der Waals surface area contributed by atoms with Crippen LogP contribution in [0.4, 0.5) is 0 Å². The average molecular weight is 249 g/mol. The number of hydrogen-bond acceptors (Lipinski definition) is 3. The van der Waals surface area contributed by atoms with Crippen molar-refractivity contribution in [3.63, 3.8) is 0 Å². The molecule has 0 saturated carbocycles. The maximum Gasteiger partial charge on any atom is 0.181 e. The lowest BCUT2D eigenvalue weighted by molar-refractivity contribution is 0.433. The molecule has 5 heteroatoms. The van der Waals surface area contributed by atoms with E-state index in [0.29, 0.717) is 5.02 Å². The van der Waals surface area contributed by atoms with Crippen LogP contribution in [0.3, 0.4) is 0 Å². The third-order valence-corrected chi connectivity index (χ3v) is 3.22. The SMILES string of the molecule is NC1CCn2nc(-c3cccc(Cl)c3)nc2C1. The van der Waals surface area contributed by atoms with E-state index in [-0.39, 0.29) is 6.04 Å². The van der Waals surface area contributed by atoms with Crippen LogP contribution in [0.2, 0.25) is 5.02 Å². The van der Waals surface area contributed by atoms with Crippen molar-refractivity contribution in [3.05, 3.63) is 35.1 Å². The van der Waals surface area contributed by atoms with Crippen LogP contribution in [-0.2, 0) is 13.0 Å². The normalized spacial score (nSPS) is 19.1. The maximum atomic E-state index is 5.96. The van der Waals surface area contributed by atoms with Gasteiger partial charge in [-0.25, -0.2) is 9.67 Å². The molecule has 17 heavy (non-hydrogen) atoms. The summed E-state index contributed by atoms with van der Waals surface area (Å²) in [7, 11) is 0. The molecular formula is C12H13ClN4. The van der Waals surface area contributed by atoms with Gasteiger partial charge in [0.25, 0.3) is 0 Å². The first-order valence-electron chi connectivity index (χ1n) is 5.67. The number of benzene rings is 1. The summed E-state index contributed by atoms with van der Waals surface area (Å²) in [5.74, 6) is 1.70. The lowest BCUT2D eigenvalue weighted by atomic mass is 10.1. The highest BCUT2D eigenvalue weighted by Crippen LogP contribution is 2.21. The van der Waals surface area contributed by atoms with Gasteiger partial charge in [0, 0.05) is 29.6 Å². The monoisotopic (exact) mass is 248 g/mol. The standard InChI is InChI=1S/C12H13ClN4/c13-9-3-1-2-8(6-9)12-15-11-7-10(14)4-5-17(11)16-12/h1-3,6,10H,4-5,7,14H2. The molecule has 1 atom stereocenters. The number of aryl methyl sites for hydroxylation is 1. The van der Waals surface area contributed by atoms with Gasteiger partial charge in [0.2, 0.25) is 0 Å². The number of nitrogens with two attached hydrogens (primary N) is 1. The molecule has 1 aromatic carbocycles. The Morgan fingerprint density at radius 1 is 1.41 bits per heavy atom. The fourth-order valence-electron chi connectivity index (χ4n) is 2.08. The Hall–Kier alpha value is -1.39. The summed E-state index contributed by atoms with van der Waals surface area (Å²) in [4.78, 5) is 4.53. The van der Waals surface area contributed by atoms with Gasteiger partial charge in [0.1, 0.15) is 5.82 Å². The minimum atomic E-state index is 0.207. The predicted molar refractivity (Wildman–Crippen MR) is 66.8 cm³/mol. The molecule has 88 valence electrons. The largest absolute Gasteiger partial charge is 0.327 e. The minimum absolute atomic E-state index is 0.207. The summed E-state index contributed by atoms with van der Waals surface area (Å²) >= 11 is 5.96. The van der Waals surface area contributed by atoms with Crippen LogP contribution in [0.5, 0.6) is 0 Å². The summed E-state index contributed by atoms with van der Waals surface area (Å²) in [5.41, 5.74) is 6.87. The lowest BCUT2D eigenvalue weighted by Gasteiger charge is -2.17. The third-order valence-electron chi connectivity index (χ3n) is 2.99. The molecule has 2 heterocycles. The zero-order valence-electron chi connectivity index (χ0n) is 9.31. The van der Waals surface area contributed by atoms with Crippen LogP contribution in [-0.4, -0.2) is 20.8 Å². The van der Waals surface area contributed by atoms with Crippen LogP contribution >= 0.6 is 11.6 Å².